The Kier molecular flexibility index (Phi) is 22.5. The van der Waals surface area contributed by atoms with Crippen LogP contribution in [-0.4, -0.2) is 141 Å². The zero-order valence-electron chi connectivity index (χ0n) is 49.3. The molecular formula is C63H88N14O6. The van der Waals surface area contributed by atoms with Crippen LogP contribution in [0.2, 0.25) is 0 Å². The maximum atomic E-state index is 14.3. The number of aromatic nitrogens is 3. The van der Waals surface area contributed by atoms with Gasteiger partial charge in [0.1, 0.15) is 29.9 Å². The highest BCUT2D eigenvalue weighted by Gasteiger charge is 2.46. The summed E-state index contributed by atoms with van der Waals surface area (Å²) in [6.45, 7) is 9.11. The fraction of sp³-hybridized carbons (Fsp3) is 0.556. The third-order valence-corrected chi connectivity index (χ3v) is 17.2. The molecule has 6 N–H and O–H groups in total. The molecule has 4 saturated heterocycles. The molecule has 20 nitrogen and oxygen atoms in total. The number of benzene rings is 3. The number of amides is 6. The summed E-state index contributed by atoms with van der Waals surface area (Å²) in [6.07, 6.45) is 16.3. The van der Waals surface area contributed by atoms with Crippen LogP contribution < -0.4 is 31.9 Å². The number of likely N-dealkylation sites (N-methyl/N-ethyl adjacent to an activating group) is 2. The third kappa shape index (κ3) is 16.5. The predicted molar refractivity (Wildman–Crippen MR) is 318 cm³/mol. The van der Waals surface area contributed by atoms with E-state index in [0.717, 1.165) is 101 Å². The molecule has 446 valence electrons. The lowest BCUT2D eigenvalue weighted by Gasteiger charge is -2.36. The van der Waals surface area contributed by atoms with E-state index >= 15 is 0 Å². The number of unbranched alkanes of at least 4 members (excludes halogenated alkanes) is 2. The van der Waals surface area contributed by atoms with Crippen molar-refractivity contribution in [3.8, 4) is 0 Å². The number of hydrogen-bond acceptors (Lipinski definition) is 12. The van der Waals surface area contributed by atoms with Gasteiger partial charge in [-0.25, -0.2) is 0 Å². The van der Waals surface area contributed by atoms with Gasteiger partial charge in [0.2, 0.25) is 35.4 Å². The molecule has 0 saturated carbocycles. The van der Waals surface area contributed by atoms with E-state index in [0.29, 0.717) is 50.2 Å². The first-order chi connectivity index (χ1) is 40.2. The second-order valence-electron chi connectivity index (χ2n) is 23.1. The summed E-state index contributed by atoms with van der Waals surface area (Å²) < 4.78 is 1.84. The Labute approximate surface area is 489 Å². The minimum atomic E-state index is -0.687. The first kappa shape index (κ1) is 61.7. The van der Waals surface area contributed by atoms with Crippen molar-refractivity contribution in [2.24, 2.45) is 10.3 Å². The fourth-order valence-corrected chi connectivity index (χ4v) is 12.1. The van der Waals surface area contributed by atoms with E-state index in [1.165, 1.54) is 11.1 Å². The molecule has 3 unspecified atom stereocenters. The van der Waals surface area contributed by atoms with E-state index in [1.807, 2.05) is 78.6 Å². The van der Waals surface area contributed by atoms with Crippen molar-refractivity contribution in [3.63, 3.8) is 0 Å². The Balaban J connectivity index is 0.775. The fourth-order valence-electron chi connectivity index (χ4n) is 12.1. The highest BCUT2D eigenvalue weighted by Crippen LogP contribution is 2.35. The zero-order valence-corrected chi connectivity index (χ0v) is 49.3. The Morgan fingerprint density at radius 3 is 1.66 bits per heavy atom. The van der Waals surface area contributed by atoms with Crippen LogP contribution in [0.4, 0.5) is 0 Å². The Bertz CT molecular complexity index is 2830. The molecule has 3 aromatic carbocycles. The maximum Gasteiger partial charge on any atom is 0.246 e. The molecule has 1 aromatic heterocycles. The Hall–Kier alpha value is -7.32. The van der Waals surface area contributed by atoms with E-state index in [2.05, 4.69) is 83.4 Å². The van der Waals surface area contributed by atoms with Gasteiger partial charge in [0.15, 0.2) is 0 Å². The van der Waals surface area contributed by atoms with E-state index in [9.17, 15) is 28.8 Å². The zero-order chi connectivity index (χ0) is 58.8. The molecule has 5 heterocycles. The van der Waals surface area contributed by atoms with E-state index in [4.69, 9.17) is 0 Å². The first-order valence-corrected chi connectivity index (χ1v) is 30.3. The van der Waals surface area contributed by atoms with Crippen LogP contribution in [0, 0.1) is 0 Å². The minimum Gasteiger partial charge on any atom is -0.343 e. The topological polar surface area (TPSA) is 240 Å². The lowest BCUT2D eigenvalue weighted by molar-refractivity contribution is -0.144. The standard InChI is InChI=1S/C63H88N14O6/c1-42(56(47-23-9-7-10-24-47)68-60(80)54-37-35-49-27-13-15-29-51(62(82)76(49)54)66-58(78)43(2)64-4)70-72-74(6)39-19-17-21-45-31-33-46(34-32-45)22-18-20-40-75-41-53(71-73-75)57(48-25-11-8-12-26-48)69-61(81)55-38-36-50-28-14-16-30-52(63(83)77(50)55)67-59(79)44(3)65-5/h7-12,23-26,31-34,41,43-44,49-52,54-57,64-65H,1,13-22,27-30,35-40H2,2-6H3,(H,66,78)(H,67,79)(H,68,80)(H,69,81)/t43-,44-,49?,50?,51-,52-,54-,55?,56+,57-/m0/s1. The molecule has 4 aromatic rings. The van der Waals surface area contributed by atoms with Crippen LogP contribution >= 0.6 is 0 Å². The van der Waals surface area contributed by atoms with E-state index in [-0.39, 0.29) is 47.5 Å². The number of nitrogens with one attached hydrogen (secondary N) is 6. The van der Waals surface area contributed by atoms with Gasteiger partial charge in [-0.1, -0.05) is 128 Å². The molecule has 83 heavy (non-hydrogen) atoms. The van der Waals surface area contributed by atoms with Gasteiger partial charge >= 0.3 is 0 Å². The molecule has 10 atom stereocenters. The average molecular weight is 1140 g/mol. The Morgan fingerprint density at radius 2 is 1.13 bits per heavy atom. The summed E-state index contributed by atoms with van der Waals surface area (Å²) in [4.78, 5) is 85.8. The maximum absolute atomic E-state index is 14.3. The molecule has 4 aliphatic heterocycles. The monoisotopic (exact) mass is 1140 g/mol. The molecule has 0 radical (unpaired) electrons. The van der Waals surface area contributed by atoms with Crippen molar-refractivity contribution in [3.05, 3.63) is 131 Å². The lowest BCUT2D eigenvalue weighted by atomic mass is 9.98. The van der Waals surface area contributed by atoms with E-state index < -0.39 is 48.3 Å². The van der Waals surface area contributed by atoms with Crippen LogP contribution in [0.3, 0.4) is 0 Å². The predicted octanol–water partition coefficient (Wildman–Crippen LogP) is 6.55. The highest BCUT2D eigenvalue weighted by atomic mass is 16.2. The van der Waals surface area contributed by atoms with Crippen molar-refractivity contribution < 1.29 is 28.8 Å². The van der Waals surface area contributed by atoms with Gasteiger partial charge in [-0.3, -0.25) is 38.5 Å². The molecule has 20 heteroatoms. The molecule has 4 aliphatic rings. The number of nitrogens with zero attached hydrogens (tertiary/aromatic N) is 8. The van der Waals surface area contributed by atoms with Crippen molar-refractivity contribution in [2.45, 2.75) is 196 Å². The van der Waals surface area contributed by atoms with E-state index in [1.54, 1.807) is 42.8 Å². The van der Waals surface area contributed by atoms with Gasteiger partial charge < -0.3 is 41.7 Å². The number of carbonyl (C=O) groups excluding carboxylic acids is 6. The smallest absolute Gasteiger partial charge is 0.246 e. The molecular weight excluding hydrogens is 1050 g/mol. The second kappa shape index (κ2) is 30.3. The summed E-state index contributed by atoms with van der Waals surface area (Å²) in [5.74, 6) is -1.38. The number of hydrogen-bond donors (Lipinski definition) is 6. The summed E-state index contributed by atoms with van der Waals surface area (Å²) >= 11 is 0. The average Bonchev–Trinajstić information content (AvgIpc) is 4.31. The molecule has 0 aliphatic carbocycles. The summed E-state index contributed by atoms with van der Waals surface area (Å²) in [6, 6.07) is 23.2. The van der Waals surface area contributed by atoms with Crippen LogP contribution in [0.1, 0.15) is 157 Å². The molecule has 4 fully saturated rings. The van der Waals surface area contributed by atoms with Crippen LogP contribution in [0.5, 0.6) is 0 Å². The lowest BCUT2D eigenvalue weighted by Crippen LogP contribution is -2.58. The second-order valence-corrected chi connectivity index (χ2v) is 23.1. The minimum absolute atomic E-state index is 0.0488. The third-order valence-electron chi connectivity index (χ3n) is 17.2. The molecule has 6 amide bonds. The van der Waals surface area contributed by atoms with Crippen molar-refractivity contribution in [1.82, 2.24) is 61.7 Å². The summed E-state index contributed by atoms with van der Waals surface area (Å²) in [5.41, 5.74) is 5.21. The largest absolute Gasteiger partial charge is 0.343 e. The van der Waals surface area contributed by atoms with Crippen molar-refractivity contribution in [2.75, 3.05) is 27.7 Å². The van der Waals surface area contributed by atoms with Gasteiger partial charge in [0, 0.05) is 32.2 Å². The normalized spacial score (nSPS) is 22.4. The number of carbonyl (C=O) groups is 6. The SMILES string of the molecule is C=C(N=NN(C)CCCCc1ccc(CCCCn2cc([C@@H](NC(=O)C3CCC4CCCC[C@H](NC(=O)[C@H](C)NC)C(=O)N43)c3ccccc3)nn2)cc1)[C@@H](NC(=O)[C@@H]1CCC2CCCC[C@H](NC(=O)[C@H](C)NC)C(=O)N21)c1ccccc1. The highest BCUT2D eigenvalue weighted by molar-refractivity contribution is 5.95. The first-order valence-electron chi connectivity index (χ1n) is 30.3. The van der Waals surface area contributed by atoms with Gasteiger partial charge in [-0.15, -0.1) is 10.2 Å². The quantitative estimate of drug-likeness (QED) is 0.0224. The summed E-state index contributed by atoms with van der Waals surface area (Å²) in [5, 5.41) is 38.0. The van der Waals surface area contributed by atoms with Gasteiger partial charge in [0.05, 0.1) is 36.1 Å². The number of fused-ring (bicyclic) bond motifs is 2. The summed E-state index contributed by atoms with van der Waals surface area (Å²) in [7, 11) is 5.30. The number of rotatable bonds is 26. The van der Waals surface area contributed by atoms with Crippen LogP contribution in [0.15, 0.2) is 114 Å². The molecule has 8 rings (SSSR count). The van der Waals surface area contributed by atoms with Gasteiger partial charge in [0.25, 0.3) is 0 Å². The van der Waals surface area contributed by atoms with Crippen LogP contribution in [-0.2, 0) is 48.2 Å². The Morgan fingerprint density at radius 1 is 0.639 bits per heavy atom. The number of aryl methyl sites for hydroxylation is 3. The van der Waals surface area contributed by atoms with Crippen molar-refractivity contribution in [1.29, 1.82) is 0 Å². The van der Waals surface area contributed by atoms with Gasteiger partial charge in [-0.05, 0) is 140 Å². The molecule has 0 bridgehead atoms. The van der Waals surface area contributed by atoms with Crippen LogP contribution in [0.25, 0.3) is 0 Å². The van der Waals surface area contributed by atoms with Crippen molar-refractivity contribution >= 4 is 35.4 Å². The van der Waals surface area contributed by atoms with Gasteiger partial charge in [-0.2, -0.15) is 0 Å². The molecule has 0 spiro atoms.